The molecule has 0 bridgehead atoms. The number of nitrogens with one attached hydrogen (secondary N) is 2. The number of aromatic nitrogens is 4. The molecule has 6 nitrogen and oxygen atoms in total. The number of nitrogens with zero attached hydrogens (tertiary/aromatic N) is 2. The summed E-state index contributed by atoms with van der Waals surface area (Å²) in [5.41, 5.74) is 0.702. The predicted octanol–water partition coefficient (Wildman–Crippen LogP) is -0.165. The van der Waals surface area contributed by atoms with Gasteiger partial charge in [-0.05, 0) is 0 Å². The van der Waals surface area contributed by atoms with Crippen LogP contribution in [0.25, 0.3) is 11.0 Å². The van der Waals surface area contributed by atoms with E-state index in [9.17, 15) is 4.79 Å². The molecule has 0 radical (unpaired) electrons. The zero-order valence-electron chi connectivity index (χ0n) is 7.70. The van der Waals surface area contributed by atoms with E-state index in [0.717, 1.165) is 0 Å². The van der Waals surface area contributed by atoms with Crippen molar-refractivity contribution in [1.82, 2.24) is 20.2 Å². The van der Waals surface area contributed by atoms with Gasteiger partial charge in [0.15, 0.2) is 5.52 Å². The third-order valence-corrected chi connectivity index (χ3v) is 1.89. The largest absolute Gasteiger partial charge is 0.384 e. The Kier molecular flexibility index (Phi) is 2.28. The second-order valence-corrected chi connectivity index (χ2v) is 2.87. The SMILES string of the molecule is COCCc1nc2c[nH]nc2c(=O)[nH]1. The lowest BCUT2D eigenvalue weighted by atomic mass is 10.4. The van der Waals surface area contributed by atoms with Crippen molar-refractivity contribution in [3.8, 4) is 0 Å². The van der Waals surface area contributed by atoms with Crippen LogP contribution in [0, 0.1) is 0 Å². The molecule has 6 heteroatoms. The molecular formula is C8H10N4O2. The Morgan fingerprint density at radius 3 is 3.21 bits per heavy atom. The number of H-pyrrole nitrogens is 2. The van der Waals surface area contributed by atoms with Crippen molar-refractivity contribution in [3.63, 3.8) is 0 Å². The number of hydrogen-bond acceptors (Lipinski definition) is 4. The van der Waals surface area contributed by atoms with Crippen LogP contribution in [0.5, 0.6) is 0 Å². The lowest BCUT2D eigenvalue weighted by molar-refractivity contribution is 0.200. The Bertz CT molecular complexity index is 487. The van der Waals surface area contributed by atoms with Gasteiger partial charge in [-0.3, -0.25) is 9.89 Å². The Balaban J connectivity index is 2.43. The van der Waals surface area contributed by atoms with Gasteiger partial charge in [0.25, 0.3) is 5.56 Å². The van der Waals surface area contributed by atoms with E-state index in [4.69, 9.17) is 4.74 Å². The fraction of sp³-hybridized carbons (Fsp3) is 0.375. The van der Waals surface area contributed by atoms with Gasteiger partial charge in [-0.2, -0.15) is 5.10 Å². The third-order valence-electron chi connectivity index (χ3n) is 1.89. The molecule has 0 saturated carbocycles. The summed E-state index contributed by atoms with van der Waals surface area (Å²) < 4.78 is 4.89. The zero-order chi connectivity index (χ0) is 9.97. The van der Waals surface area contributed by atoms with Crippen molar-refractivity contribution in [2.45, 2.75) is 6.42 Å². The minimum atomic E-state index is -0.220. The molecule has 0 aliphatic carbocycles. The van der Waals surface area contributed by atoms with Gasteiger partial charge in [0.2, 0.25) is 0 Å². The van der Waals surface area contributed by atoms with Gasteiger partial charge < -0.3 is 9.72 Å². The van der Waals surface area contributed by atoms with E-state index < -0.39 is 0 Å². The van der Waals surface area contributed by atoms with Crippen LogP contribution in [0.15, 0.2) is 11.0 Å². The first-order chi connectivity index (χ1) is 6.81. The quantitative estimate of drug-likeness (QED) is 0.710. The van der Waals surface area contributed by atoms with Crippen molar-refractivity contribution < 1.29 is 4.74 Å². The average molecular weight is 194 g/mol. The van der Waals surface area contributed by atoms with Crippen LogP contribution in [0.2, 0.25) is 0 Å². The smallest absolute Gasteiger partial charge is 0.279 e. The Labute approximate surface area is 79.3 Å². The van der Waals surface area contributed by atoms with Crippen LogP contribution < -0.4 is 5.56 Å². The highest BCUT2D eigenvalue weighted by molar-refractivity contribution is 5.71. The molecule has 2 rings (SSSR count). The summed E-state index contributed by atoms with van der Waals surface area (Å²) in [6, 6.07) is 0. The standard InChI is InChI=1S/C8H10N4O2/c1-14-3-2-6-10-5-4-9-12-7(5)8(13)11-6/h4H,2-3H2,1H3,(H,9,12)(H,10,11,13). The summed E-state index contributed by atoms with van der Waals surface area (Å²) in [4.78, 5) is 18.3. The molecule has 74 valence electrons. The molecule has 0 spiro atoms. The fourth-order valence-electron chi connectivity index (χ4n) is 1.22. The summed E-state index contributed by atoms with van der Waals surface area (Å²) in [7, 11) is 1.61. The zero-order valence-corrected chi connectivity index (χ0v) is 7.70. The highest BCUT2D eigenvalue weighted by Gasteiger charge is 2.04. The van der Waals surface area contributed by atoms with E-state index in [1.54, 1.807) is 13.3 Å². The number of rotatable bonds is 3. The molecule has 0 aliphatic heterocycles. The van der Waals surface area contributed by atoms with Crippen LogP contribution in [-0.4, -0.2) is 33.9 Å². The molecule has 0 aliphatic rings. The summed E-state index contributed by atoms with van der Waals surface area (Å²) in [5, 5.41) is 6.38. The maximum absolute atomic E-state index is 11.4. The van der Waals surface area contributed by atoms with Crippen LogP contribution >= 0.6 is 0 Å². The molecule has 0 amide bonds. The fourth-order valence-corrected chi connectivity index (χ4v) is 1.22. The average Bonchev–Trinajstić information content (AvgIpc) is 2.63. The summed E-state index contributed by atoms with van der Waals surface area (Å²) in [6.45, 7) is 0.534. The summed E-state index contributed by atoms with van der Waals surface area (Å²) in [5.74, 6) is 0.616. The van der Waals surface area contributed by atoms with E-state index in [-0.39, 0.29) is 5.56 Å². The van der Waals surface area contributed by atoms with Crippen molar-refractivity contribution in [1.29, 1.82) is 0 Å². The Hall–Kier alpha value is -1.69. The van der Waals surface area contributed by atoms with Gasteiger partial charge >= 0.3 is 0 Å². The van der Waals surface area contributed by atoms with Gasteiger partial charge in [-0.1, -0.05) is 0 Å². The highest BCUT2D eigenvalue weighted by atomic mass is 16.5. The van der Waals surface area contributed by atoms with Crippen molar-refractivity contribution in [2.24, 2.45) is 0 Å². The molecule has 2 aromatic rings. The number of fused-ring (bicyclic) bond motifs is 1. The molecular weight excluding hydrogens is 184 g/mol. The first kappa shape index (κ1) is 8.89. The number of methoxy groups -OCH3 is 1. The minimum Gasteiger partial charge on any atom is -0.384 e. The molecule has 0 saturated heterocycles. The normalized spacial score (nSPS) is 10.9. The number of ether oxygens (including phenoxy) is 1. The number of aromatic amines is 2. The van der Waals surface area contributed by atoms with Gasteiger partial charge in [0.05, 0.1) is 6.61 Å². The molecule has 14 heavy (non-hydrogen) atoms. The Morgan fingerprint density at radius 1 is 1.57 bits per heavy atom. The van der Waals surface area contributed by atoms with E-state index in [1.807, 2.05) is 0 Å². The summed E-state index contributed by atoms with van der Waals surface area (Å²) >= 11 is 0. The summed E-state index contributed by atoms with van der Waals surface area (Å²) in [6.07, 6.45) is 2.19. The van der Waals surface area contributed by atoms with Crippen LogP contribution in [0.1, 0.15) is 5.82 Å². The van der Waals surface area contributed by atoms with E-state index in [1.165, 1.54) is 0 Å². The van der Waals surface area contributed by atoms with Crippen molar-refractivity contribution >= 4 is 11.0 Å². The second kappa shape index (κ2) is 3.59. The lowest BCUT2D eigenvalue weighted by Gasteiger charge is -1.98. The van der Waals surface area contributed by atoms with E-state index >= 15 is 0 Å². The molecule has 0 fully saturated rings. The first-order valence-corrected chi connectivity index (χ1v) is 4.23. The molecule has 2 heterocycles. The van der Waals surface area contributed by atoms with Crippen LogP contribution in [0.3, 0.4) is 0 Å². The van der Waals surface area contributed by atoms with Gasteiger partial charge in [-0.25, -0.2) is 4.98 Å². The maximum atomic E-state index is 11.4. The highest BCUT2D eigenvalue weighted by Crippen LogP contribution is 2.01. The van der Waals surface area contributed by atoms with Crippen molar-refractivity contribution in [3.05, 3.63) is 22.4 Å². The van der Waals surface area contributed by atoms with Gasteiger partial charge in [0, 0.05) is 19.7 Å². The third kappa shape index (κ3) is 1.51. The lowest BCUT2D eigenvalue weighted by Crippen LogP contribution is -2.13. The van der Waals surface area contributed by atoms with Gasteiger partial charge in [0.1, 0.15) is 11.3 Å². The van der Waals surface area contributed by atoms with E-state index in [2.05, 4.69) is 20.2 Å². The molecule has 2 N–H and O–H groups in total. The van der Waals surface area contributed by atoms with E-state index in [0.29, 0.717) is 29.9 Å². The monoisotopic (exact) mass is 194 g/mol. The number of hydrogen-bond donors (Lipinski definition) is 2. The second-order valence-electron chi connectivity index (χ2n) is 2.87. The molecule has 2 aromatic heterocycles. The van der Waals surface area contributed by atoms with Crippen LogP contribution in [0.4, 0.5) is 0 Å². The molecule has 0 aromatic carbocycles. The topological polar surface area (TPSA) is 83.7 Å². The molecule has 0 unspecified atom stereocenters. The predicted molar refractivity (Wildman–Crippen MR) is 50.1 cm³/mol. The van der Waals surface area contributed by atoms with Crippen LogP contribution in [-0.2, 0) is 11.2 Å². The Morgan fingerprint density at radius 2 is 2.43 bits per heavy atom. The minimum absolute atomic E-state index is 0.220. The first-order valence-electron chi connectivity index (χ1n) is 4.23. The van der Waals surface area contributed by atoms with Gasteiger partial charge in [-0.15, -0.1) is 0 Å². The molecule has 0 atom stereocenters. The maximum Gasteiger partial charge on any atom is 0.279 e. The van der Waals surface area contributed by atoms with Crippen molar-refractivity contribution in [2.75, 3.05) is 13.7 Å².